The lowest BCUT2D eigenvalue weighted by atomic mass is 10.2. The van der Waals surface area contributed by atoms with Gasteiger partial charge in [-0.3, -0.25) is 0 Å². The van der Waals surface area contributed by atoms with Gasteiger partial charge in [-0.05, 0) is 0 Å². The second kappa shape index (κ2) is 2.95. The molecule has 66 valence electrons. The number of halogens is 1. The molecule has 0 atom stereocenters. The molecule has 0 bridgehead atoms. The van der Waals surface area contributed by atoms with Gasteiger partial charge >= 0.3 is 0 Å². The molecule has 0 aromatic carbocycles. The number of hydrogen-bond acceptors (Lipinski definition) is 3. The molecule has 1 saturated heterocycles. The molecule has 0 radical (unpaired) electrons. The standard InChI is InChI=1S/C7H11ClN4/c1-9-7-2-6(8)12(11-7)5-3-10-4-5/h2,5,10H,3-4H2,1H3,(H,9,11). The van der Waals surface area contributed by atoms with Gasteiger partial charge in [0.05, 0.1) is 6.04 Å². The monoisotopic (exact) mass is 186 g/mol. The number of rotatable bonds is 2. The molecule has 0 amide bonds. The van der Waals surface area contributed by atoms with Crippen molar-refractivity contribution in [2.24, 2.45) is 0 Å². The SMILES string of the molecule is CNc1cc(Cl)n(C2CNC2)n1. The smallest absolute Gasteiger partial charge is 0.149 e. The summed E-state index contributed by atoms with van der Waals surface area (Å²) in [6.07, 6.45) is 0. The Kier molecular flexibility index (Phi) is 1.94. The van der Waals surface area contributed by atoms with E-state index in [4.69, 9.17) is 11.6 Å². The van der Waals surface area contributed by atoms with Crippen LogP contribution in [0.3, 0.4) is 0 Å². The van der Waals surface area contributed by atoms with Crippen molar-refractivity contribution in [2.75, 3.05) is 25.5 Å². The Morgan fingerprint density at radius 3 is 2.92 bits per heavy atom. The highest BCUT2D eigenvalue weighted by atomic mass is 35.5. The second-order valence-electron chi connectivity index (χ2n) is 2.86. The summed E-state index contributed by atoms with van der Waals surface area (Å²) in [6, 6.07) is 2.26. The molecule has 1 aromatic heterocycles. The van der Waals surface area contributed by atoms with E-state index in [1.165, 1.54) is 0 Å². The zero-order valence-corrected chi connectivity index (χ0v) is 7.60. The Morgan fingerprint density at radius 1 is 1.75 bits per heavy atom. The minimum atomic E-state index is 0.430. The average Bonchev–Trinajstić information content (AvgIpc) is 2.29. The molecule has 0 aliphatic carbocycles. The van der Waals surface area contributed by atoms with Crippen LogP contribution in [-0.2, 0) is 0 Å². The van der Waals surface area contributed by atoms with Gasteiger partial charge in [-0.1, -0.05) is 11.6 Å². The van der Waals surface area contributed by atoms with E-state index in [1.807, 2.05) is 17.8 Å². The van der Waals surface area contributed by atoms with E-state index < -0.39 is 0 Å². The second-order valence-corrected chi connectivity index (χ2v) is 3.25. The number of nitrogens with one attached hydrogen (secondary N) is 2. The van der Waals surface area contributed by atoms with Crippen molar-refractivity contribution < 1.29 is 0 Å². The molecule has 1 aromatic rings. The van der Waals surface area contributed by atoms with Crippen molar-refractivity contribution in [3.8, 4) is 0 Å². The fraction of sp³-hybridized carbons (Fsp3) is 0.571. The molecule has 2 heterocycles. The first-order valence-electron chi connectivity index (χ1n) is 3.95. The van der Waals surface area contributed by atoms with Gasteiger partial charge in [0, 0.05) is 26.2 Å². The summed E-state index contributed by atoms with van der Waals surface area (Å²) in [4.78, 5) is 0. The van der Waals surface area contributed by atoms with Crippen molar-refractivity contribution in [1.82, 2.24) is 15.1 Å². The van der Waals surface area contributed by atoms with Crippen LogP contribution in [0.1, 0.15) is 6.04 Å². The molecule has 4 nitrogen and oxygen atoms in total. The van der Waals surface area contributed by atoms with E-state index in [1.54, 1.807) is 0 Å². The molecule has 2 N–H and O–H groups in total. The molecule has 0 spiro atoms. The van der Waals surface area contributed by atoms with Crippen molar-refractivity contribution in [1.29, 1.82) is 0 Å². The van der Waals surface area contributed by atoms with Crippen molar-refractivity contribution in [2.45, 2.75) is 6.04 Å². The van der Waals surface area contributed by atoms with E-state index in [0.29, 0.717) is 11.2 Å². The van der Waals surface area contributed by atoms with Crippen LogP contribution < -0.4 is 10.6 Å². The minimum Gasteiger partial charge on any atom is -0.372 e. The van der Waals surface area contributed by atoms with Gasteiger partial charge in [-0.15, -0.1) is 0 Å². The van der Waals surface area contributed by atoms with Gasteiger partial charge < -0.3 is 10.6 Å². The van der Waals surface area contributed by atoms with Crippen LogP contribution in [0.4, 0.5) is 5.82 Å². The predicted octanol–water partition coefficient (Wildman–Crippen LogP) is 0.722. The van der Waals surface area contributed by atoms with Gasteiger partial charge in [0.1, 0.15) is 11.0 Å². The summed E-state index contributed by atoms with van der Waals surface area (Å²) in [7, 11) is 1.84. The third-order valence-corrected chi connectivity index (χ3v) is 2.33. The first-order chi connectivity index (χ1) is 5.81. The third kappa shape index (κ3) is 1.17. The van der Waals surface area contributed by atoms with Gasteiger partial charge in [0.25, 0.3) is 0 Å². The summed E-state index contributed by atoms with van der Waals surface area (Å²) >= 11 is 5.96. The lowest BCUT2D eigenvalue weighted by Gasteiger charge is -2.27. The van der Waals surface area contributed by atoms with Crippen LogP contribution in [0, 0.1) is 0 Å². The van der Waals surface area contributed by atoms with Gasteiger partial charge in [-0.2, -0.15) is 5.10 Å². The van der Waals surface area contributed by atoms with Crippen molar-refractivity contribution in [3.05, 3.63) is 11.2 Å². The van der Waals surface area contributed by atoms with Gasteiger partial charge in [0.15, 0.2) is 0 Å². The van der Waals surface area contributed by atoms with Crippen LogP contribution in [0.2, 0.25) is 5.15 Å². The normalized spacial score (nSPS) is 17.5. The minimum absolute atomic E-state index is 0.430. The summed E-state index contributed by atoms with van der Waals surface area (Å²) < 4.78 is 1.85. The third-order valence-electron chi connectivity index (χ3n) is 2.05. The predicted molar refractivity (Wildman–Crippen MR) is 48.7 cm³/mol. The van der Waals surface area contributed by atoms with Crippen molar-refractivity contribution >= 4 is 17.4 Å². The van der Waals surface area contributed by atoms with Crippen LogP contribution in [0.15, 0.2) is 6.07 Å². The lowest BCUT2D eigenvalue weighted by Crippen LogP contribution is -2.43. The summed E-state index contributed by atoms with van der Waals surface area (Å²) in [5.74, 6) is 0.826. The van der Waals surface area contributed by atoms with E-state index in [2.05, 4.69) is 15.7 Å². The Balaban J connectivity index is 2.23. The van der Waals surface area contributed by atoms with Crippen LogP contribution in [-0.4, -0.2) is 29.9 Å². The molecule has 2 rings (SSSR count). The Morgan fingerprint density at radius 2 is 2.50 bits per heavy atom. The quantitative estimate of drug-likeness (QED) is 0.716. The fourth-order valence-electron chi connectivity index (χ4n) is 1.20. The molecule has 0 unspecified atom stereocenters. The first kappa shape index (κ1) is 7.89. The molecular weight excluding hydrogens is 176 g/mol. The number of aromatic nitrogens is 2. The topological polar surface area (TPSA) is 41.9 Å². The van der Waals surface area contributed by atoms with E-state index in [-0.39, 0.29) is 0 Å². The van der Waals surface area contributed by atoms with Crippen LogP contribution >= 0.6 is 11.6 Å². The fourth-order valence-corrected chi connectivity index (χ4v) is 1.48. The molecule has 12 heavy (non-hydrogen) atoms. The van der Waals surface area contributed by atoms with E-state index in [9.17, 15) is 0 Å². The van der Waals surface area contributed by atoms with Crippen LogP contribution in [0.25, 0.3) is 0 Å². The summed E-state index contributed by atoms with van der Waals surface area (Å²) in [5, 5.41) is 11.1. The molecule has 1 aliphatic rings. The zero-order valence-electron chi connectivity index (χ0n) is 6.84. The number of anilines is 1. The summed E-state index contributed by atoms with van der Waals surface area (Å²) in [5.41, 5.74) is 0. The lowest BCUT2D eigenvalue weighted by molar-refractivity contribution is 0.319. The average molecular weight is 187 g/mol. The maximum Gasteiger partial charge on any atom is 0.149 e. The molecule has 5 heteroatoms. The Bertz CT molecular complexity index is 279. The maximum absolute atomic E-state index is 5.96. The number of nitrogens with zero attached hydrogens (tertiary/aromatic N) is 2. The highest BCUT2D eigenvalue weighted by Gasteiger charge is 2.21. The molecular formula is C7H11ClN4. The van der Waals surface area contributed by atoms with E-state index >= 15 is 0 Å². The zero-order chi connectivity index (χ0) is 8.55. The Labute approximate surface area is 75.9 Å². The van der Waals surface area contributed by atoms with Crippen LogP contribution in [0.5, 0.6) is 0 Å². The van der Waals surface area contributed by atoms with Gasteiger partial charge in [0.2, 0.25) is 0 Å². The molecule has 1 fully saturated rings. The number of hydrogen-bond donors (Lipinski definition) is 2. The molecule has 0 saturated carbocycles. The summed E-state index contributed by atoms with van der Waals surface area (Å²) in [6.45, 7) is 1.93. The molecule has 1 aliphatic heterocycles. The highest BCUT2D eigenvalue weighted by Crippen LogP contribution is 2.21. The first-order valence-corrected chi connectivity index (χ1v) is 4.32. The van der Waals surface area contributed by atoms with Crippen molar-refractivity contribution in [3.63, 3.8) is 0 Å². The Hall–Kier alpha value is -0.740. The van der Waals surface area contributed by atoms with E-state index in [0.717, 1.165) is 18.9 Å². The largest absolute Gasteiger partial charge is 0.372 e. The highest BCUT2D eigenvalue weighted by molar-refractivity contribution is 6.29. The van der Waals surface area contributed by atoms with Gasteiger partial charge in [-0.25, -0.2) is 4.68 Å². The maximum atomic E-state index is 5.96.